The predicted octanol–water partition coefficient (Wildman–Crippen LogP) is 2.00. The molecule has 3 nitrogen and oxygen atoms in total. The summed E-state index contributed by atoms with van der Waals surface area (Å²) < 4.78 is 0. The van der Waals surface area contributed by atoms with E-state index in [1.807, 2.05) is 0 Å². The minimum atomic E-state index is -0.537. The zero-order valence-electron chi connectivity index (χ0n) is 9.38. The van der Waals surface area contributed by atoms with Gasteiger partial charge in [0, 0.05) is 0 Å². The quantitative estimate of drug-likeness (QED) is 0.668. The van der Waals surface area contributed by atoms with E-state index in [9.17, 15) is 5.11 Å². The second-order valence-corrected chi connectivity index (χ2v) is 4.33. The van der Waals surface area contributed by atoms with E-state index in [4.69, 9.17) is 4.84 Å². The highest BCUT2D eigenvalue weighted by Crippen LogP contribution is 2.32. The van der Waals surface area contributed by atoms with Gasteiger partial charge in [0.25, 0.3) is 0 Å². The van der Waals surface area contributed by atoms with Crippen molar-refractivity contribution in [2.75, 3.05) is 7.11 Å². The zero-order valence-corrected chi connectivity index (χ0v) is 9.38. The Hall–Kier alpha value is -0.120. The van der Waals surface area contributed by atoms with Gasteiger partial charge in [0.2, 0.25) is 0 Å². The highest BCUT2D eigenvalue weighted by molar-refractivity contribution is 4.92. The van der Waals surface area contributed by atoms with Gasteiger partial charge in [0.15, 0.2) is 0 Å². The van der Waals surface area contributed by atoms with Gasteiger partial charge in [-0.3, -0.25) is 0 Å². The monoisotopic (exact) mass is 201 g/mol. The predicted molar refractivity (Wildman–Crippen MR) is 56.9 cm³/mol. The van der Waals surface area contributed by atoms with Crippen LogP contribution in [-0.2, 0) is 4.84 Å². The van der Waals surface area contributed by atoms with E-state index in [2.05, 4.69) is 12.4 Å². The second-order valence-electron chi connectivity index (χ2n) is 4.33. The molecule has 0 saturated heterocycles. The highest BCUT2D eigenvalue weighted by Gasteiger charge is 2.37. The molecule has 14 heavy (non-hydrogen) atoms. The molecule has 0 bridgehead atoms. The van der Waals surface area contributed by atoms with Gasteiger partial charge in [-0.2, -0.15) is 5.48 Å². The lowest BCUT2D eigenvalue weighted by molar-refractivity contribution is -0.0818. The van der Waals surface area contributed by atoms with Crippen LogP contribution >= 0.6 is 0 Å². The molecular formula is C11H23NO2. The number of aliphatic hydroxyl groups is 1. The lowest BCUT2D eigenvalue weighted by Crippen LogP contribution is -2.51. The number of hydrogen-bond donors (Lipinski definition) is 2. The minimum absolute atomic E-state index is 0.0952. The van der Waals surface area contributed by atoms with E-state index in [1.54, 1.807) is 7.11 Å². The summed E-state index contributed by atoms with van der Waals surface area (Å²) in [6.07, 6.45) is 7.41. The highest BCUT2D eigenvalue weighted by atomic mass is 16.6. The summed E-state index contributed by atoms with van der Waals surface area (Å²) in [5.41, 5.74) is 2.41. The minimum Gasteiger partial charge on any atom is -0.388 e. The van der Waals surface area contributed by atoms with Gasteiger partial charge < -0.3 is 9.94 Å². The van der Waals surface area contributed by atoms with Crippen molar-refractivity contribution in [2.45, 2.75) is 63.5 Å². The Balaban J connectivity index is 2.53. The van der Waals surface area contributed by atoms with Crippen LogP contribution in [0, 0.1) is 0 Å². The summed E-state index contributed by atoms with van der Waals surface area (Å²) in [6.45, 7) is 2.14. The molecule has 3 heteroatoms. The van der Waals surface area contributed by atoms with Crippen molar-refractivity contribution >= 4 is 0 Å². The zero-order chi connectivity index (χ0) is 10.4. The van der Waals surface area contributed by atoms with Crippen molar-refractivity contribution in [3.05, 3.63) is 0 Å². The first kappa shape index (κ1) is 12.0. The van der Waals surface area contributed by atoms with E-state index in [1.165, 1.54) is 6.42 Å². The summed E-state index contributed by atoms with van der Waals surface area (Å²) in [5.74, 6) is 0. The third kappa shape index (κ3) is 2.94. The summed E-state index contributed by atoms with van der Waals surface area (Å²) in [7, 11) is 1.62. The Kier molecular flexibility index (Phi) is 4.85. The molecule has 1 unspecified atom stereocenters. The molecular weight excluding hydrogens is 178 g/mol. The molecule has 1 fully saturated rings. The Morgan fingerprint density at radius 3 is 2.50 bits per heavy atom. The van der Waals surface area contributed by atoms with E-state index in [0.717, 1.165) is 38.5 Å². The normalized spacial score (nSPS) is 23.4. The van der Waals surface area contributed by atoms with Gasteiger partial charge in [-0.05, 0) is 19.3 Å². The molecule has 0 spiro atoms. The van der Waals surface area contributed by atoms with Crippen LogP contribution in [0.15, 0.2) is 0 Å². The van der Waals surface area contributed by atoms with Gasteiger partial charge >= 0.3 is 0 Å². The fourth-order valence-electron chi connectivity index (χ4n) is 2.38. The molecule has 0 aromatic heterocycles. The first-order chi connectivity index (χ1) is 6.73. The molecule has 1 saturated carbocycles. The molecule has 2 N–H and O–H groups in total. The van der Waals surface area contributed by atoms with Gasteiger partial charge in [-0.1, -0.05) is 32.6 Å². The van der Waals surface area contributed by atoms with E-state index >= 15 is 0 Å². The van der Waals surface area contributed by atoms with Crippen molar-refractivity contribution in [2.24, 2.45) is 0 Å². The smallest absolute Gasteiger partial charge is 0.0822 e. The third-order valence-corrected chi connectivity index (χ3v) is 3.21. The molecule has 1 aliphatic carbocycles. The van der Waals surface area contributed by atoms with E-state index in [0.29, 0.717) is 0 Å². The number of nitrogens with one attached hydrogen (secondary N) is 1. The van der Waals surface area contributed by atoms with Crippen LogP contribution in [-0.4, -0.2) is 23.9 Å². The number of hydroxylamine groups is 1. The Morgan fingerprint density at radius 2 is 2.00 bits per heavy atom. The molecule has 0 aromatic carbocycles. The topological polar surface area (TPSA) is 41.5 Å². The van der Waals surface area contributed by atoms with Crippen molar-refractivity contribution in [3.8, 4) is 0 Å². The van der Waals surface area contributed by atoms with Gasteiger partial charge in [-0.15, -0.1) is 0 Å². The molecule has 0 radical (unpaired) electrons. The molecule has 1 atom stereocenters. The van der Waals surface area contributed by atoms with Crippen molar-refractivity contribution in [1.82, 2.24) is 5.48 Å². The van der Waals surface area contributed by atoms with E-state index in [-0.39, 0.29) is 6.04 Å². The number of rotatable bonds is 5. The van der Waals surface area contributed by atoms with E-state index < -0.39 is 5.60 Å². The first-order valence-corrected chi connectivity index (χ1v) is 5.74. The lowest BCUT2D eigenvalue weighted by atomic mass is 9.78. The summed E-state index contributed by atoms with van der Waals surface area (Å²) in [4.78, 5) is 4.96. The Labute approximate surface area is 86.8 Å². The largest absolute Gasteiger partial charge is 0.388 e. The molecule has 1 rings (SSSR count). The Morgan fingerprint density at radius 1 is 1.36 bits per heavy atom. The summed E-state index contributed by atoms with van der Waals surface area (Å²) in [6, 6.07) is 0.0952. The van der Waals surface area contributed by atoms with Crippen molar-refractivity contribution in [1.29, 1.82) is 0 Å². The lowest BCUT2D eigenvalue weighted by Gasteiger charge is -2.39. The maximum Gasteiger partial charge on any atom is 0.0822 e. The fourth-order valence-corrected chi connectivity index (χ4v) is 2.38. The van der Waals surface area contributed by atoms with Crippen molar-refractivity contribution < 1.29 is 9.94 Å². The SMILES string of the molecule is CCCC(NOC)C1(O)CCCCC1. The van der Waals surface area contributed by atoms with Crippen LogP contribution in [0.3, 0.4) is 0 Å². The third-order valence-electron chi connectivity index (χ3n) is 3.21. The first-order valence-electron chi connectivity index (χ1n) is 5.74. The van der Waals surface area contributed by atoms with Crippen LogP contribution < -0.4 is 5.48 Å². The number of hydrogen-bond acceptors (Lipinski definition) is 3. The molecule has 0 heterocycles. The van der Waals surface area contributed by atoms with Gasteiger partial charge in [-0.25, -0.2) is 0 Å². The maximum atomic E-state index is 10.5. The van der Waals surface area contributed by atoms with Crippen LogP contribution in [0.1, 0.15) is 51.9 Å². The average Bonchev–Trinajstić information content (AvgIpc) is 2.19. The van der Waals surface area contributed by atoms with Crippen LogP contribution in [0.25, 0.3) is 0 Å². The van der Waals surface area contributed by atoms with Crippen molar-refractivity contribution in [3.63, 3.8) is 0 Å². The standard InChI is InChI=1S/C11H23NO2/c1-3-7-10(12-14-2)11(13)8-5-4-6-9-11/h10,12-13H,3-9H2,1-2H3. The van der Waals surface area contributed by atoms with Gasteiger partial charge in [0.05, 0.1) is 18.8 Å². The summed E-state index contributed by atoms with van der Waals surface area (Å²) >= 11 is 0. The molecule has 0 aromatic rings. The molecule has 84 valence electrons. The fraction of sp³-hybridized carbons (Fsp3) is 1.00. The van der Waals surface area contributed by atoms with Crippen LogP contribution in [0.5, 0.6) is 0 Å². The molecule has 0 aliphatic heterocycles. The summed E-state index contributed by atoms with van der Waals surface area (Å²) in [5, 5.41) is 10.5. The van der Waals surface area contributed by atoms with Gasteiger partial charge in [0.1, 0.15) is 0 Å². The maximum absolute atomic E-state index is 10.5. The second kappa shape index (κ2) is 5.69. The molecule has 1 aliphatic rings. The Bertz CT molecular complexity index is 149. The van der Waals surface area contributed by atoms with Crippen LogP contribution in [0.2, 0.25) is 0 Å². The molecule has 0 amide bonds. The average molecular weight is 201 g/mol. The van der Waals surface area contributed by atoms with Crippen LogP contribution in [0.4, 0.5) is 0 Å².